The van der Waals surface area contributed by atoms with E-state index >= 15 is 0 Å². The minimum absolute atomic E-state index is 0.199. The predicted octanol–water partition coefficient (Wildman–Crippen LogP) is 2.97. The molecule has 1 fully saturated rings. The molecular weight excluding hydrogens is 474 g/mol. The lowest BCUT2D eigenvalue weighted by molar-refractivity contribution is 0.00705. The minimum Gasteiger partial charge on any atom is -0.444 e. The topological polar surface area (TPSA) is 108 Å². The van der Waals surface area contributed by atoms with Crippen molar-refractivity contribution in [1.29, 1.82) is 0 Å². The van der Waals surface area contributed by atoms with Crippen LogP contribution in [0.2, 0.25) is 0 Å². The van der Waals surface area contributed by atoms with Crippen molar-refractivity contribution < 1.29 is 19.4 Å². The minimum atomic E-state index is -0.610. The molecule has 2 N–H and O–H groups in total. The molecule has 0 saturated carbocycles. The second-order valence-corrected chi connectivity index (χ2v) is 9.92. The summed E-state index contributed by atoms with van der Waals surface area (Å²) in [4.78, 5) is 36.8. The zero-order valence-electron chi connectivity index (χ0n) is 17.0. The number of ether oxygens (including phenoxy) is 1. The molecule has 0 bridgehead atoms. The maximum Gasteiger partial charge on any atom is 0.410 e. The van der Waals surface area contributed by atoms with Crippen molar-refractivity contribution in [1.82, 2.24) is 14.9 Å². The molecule has 0 radical (unpaired) electrons. The number of nitrogens with zero attached hydrogens (tertiary/aromatic N) is 4. The van der Waals surface area contributed by atoms with Gasteiger partial charge in [0.05, 0.1) is 30.2 Å². The van der Waals surface area contributed by atoms with Crippen LogP contribution in [0.15, 0.2) is 27.8 Å². The SMILES string of the molecule is CC(C)(C)OC(=O)N1CCN(c2ccncc2NC(=O)c2csc(Br)n2)CC1CO. The molecule has 0 spiro atoms. The molecule has 30 heavy (non-hydrogen) atoms. The number of rotatable bonds is 4. The van der Waals surface area contributed by atoms with Crippen molar-refractivity contribution in [2.24, 2.45) is 0 Å². The number of nitrogens with one attached hydrogen (secondary N) is 1. The van der Waals surface area contributed by atoms with E-state index in [2.05, 4.69) is 31.2 Å². The molecule has 2 aromatic rings. The Bertz CT molecular complexity index is 916. The van der Waals surface area contributed by atoms with E-state index in [0.717, 1.165) is 5.69 Å². The van der Waals surface area contributed by atoms with Gasteiger partial charge in [-0.3, -0.25) is 14.7 Å². The van der Waals surface area contributed by atoms with Crippen LogP contribution in [-0.2, 0) is 4.74 Å². The Labute approximate surface area is 187 Å². The number of aliphatic hydroxyl groups excluding tert-OH is 1. The fourth-order valence-electron chi connectivity index (χ4n) is 3.09. The van der Waals surface area contributed by atoms with Gasteiger partial charge >= 0.3 is 6.09 Å². The van der Waals surface area contributed by atoms with Crippen LogP contribution < -0.4 is 10.2 Å². The Morgan fingerprint density at radius 2 is 2.17 bits per heavy atom. The molecule has 2 amide bonds. The number of aliphatic hydroxyl groups is 1. The summed E-state index contributed by atoms with van der Waals surface area (Å²) in [5.74, 6) is -0.336. The number of pyridine rings is 1. The molecule has 1 unspecified atom stereocenters. The number of thiazole rings is 1. The third-order valence-electron chi connectivity index (χ3n) is 4.42. The zero-order chi connectivity index (χ0) is 21.9. The lowest BCUT2D eigenvalue weighted by atomic mass is 10.1. The molecule has 2 aromatic heterocycles. The van der Waals surface area contributed by atoms with E-state index in [4.69, 9.17) is 4.74 Å². The second-order valence-electron chi connectivity index (χ2n) is 7.79. The lowest BCUT2D eigenvalue weighted by Gasteiger charge is -2.42. The van der Waals surface area contributed by atoms with Crippen molar-refractivity contribution in [3.8, 4) is 0 Å². The van der Waals surface area contributed by atoms with Gasteiger partial charge < -0.3 is 20.1 Å². The van der Waals surface area contributed by atoms with Crippen LogP contribution in [0.3, 0.4) is 0 Å². The maximum atomic E-state index is 12.5. The lowest BCUT2D eigenvalue weighted by Crippen LogP contribution is -2.57. The highest BCUT2D eigenvalue weighted by atomic mass is 79.9. The summed E-state index contributed by atoms with van der Waals surface area (Å²) in [6.45, 7) is 6.52. The largest absolute Gasteiger partial charge is 0.444 e. The average molecular weight is 498 g/mol. The van der Waals surface area contributed by atoms with Gasteiger partial charge in [-0.1, -0.05) is 0 Å². The van der Waals surface area contributed by atoms with E-state index in [0.29, 0.717) is 34.9 Å². The molecule has 1 atom stereocenters. The number of halogens is 1. The van der Waals surface area contributed by atoms with E-state index in [1.54, 1.807) is 28.7 Å². The summed E-state index contributed by atoms with van der Waals surface area (Å²) in [5, 5.41) is 14.4. The number of piperazine rings is 1. The number of anilines is 2. The summed E-state index contributed by atoms with van der Waals surface area (Å²) in [6.07, 6.45) is 2.76. The summed E-state index contributed by atoms with van der Waals surface area (Å²) >= 11 is 4.58. The quantitative estimate of drug-likeness (QED) is 0.668. The number of aromatic nitrogens is 2. The van der Waals surface area contributed by atoms with E-state index in [9.17, 15) is 14.7 Å². The average Bonchev–Trinajstić information content (AvgIpc) is 3.13. The fraction of sp³-hybridized carbons (Fsp3) is 0.474. The monoisotopic (exact) mass is 497 g/mol. The third-order valence-corrected chi connectivity index (χ3v) is 5.78. The van der Waals surface area contributed by atoms with Gasteiger partial charge in [0.25, 0.3) is 5.91 Å². The highest BCUT2D eigenvalue weighted by Gasteiger charge is 2.33. The van der Waals surface area contributed by atoms with Gasteiger partial charge in [-0.15, -0.1) is 11.3 Å². The Balaban J connectivity index is 1.74. The third kappa shape index (κ3) is 5.46. The van der Waals surface area contributed by atoms with Crippen LogP contribution >= 0.6 is 27.3 Å². The van der Waals surface area contributed by atoms with Crippen LogP contribution in [0.1, 0.15) is 31.3 Å². The summed E-state index contributed by atoms with van der Waals surface area (Å²) in [5.41, 5.74) is 0.996. The van der Waals surface area contributed by atoms with Crippen molar-refractivity contribution in [3.05, 3.63) is 33.5 Å². The summed E-state index contributed by atoms with van der Waals surface area (Å²) < 4.78 is 6.09. The predicted molar refractivity (Wildman–Crippen MR) is 118 cm³/mol. The Kier molecular flexibility index (Phi) is 6.94. The Morgan fingerprint density at radius 1 is 1.40 bits per heavy atom. The summed E-state index contributed by atoms with van der Waals surface area (Å²) in [7, 11) is 0. The van der Waals surface area contributed by atoms with Gasteiger partial charge in [-0.25, -0.2) is 9.78 Å². The Hall–Kier alpha value is -2.24. The van der Waals surface area contributed by atoms with Crippen LogP contribution in [0.25, 0.3) is 0 Å². The van der Waals surface area contributed by atoms with Gasteiger partial charge in [0.15, 0.2) is 3.92 Å². The number of hydrogen-bond donors (Lipinski definition) is 2. The van der Waals surface area contributed by atoms with Gasteiger partial charge in [-0.2, -0.15) is 0 Å². The molecule has 11 heteroatoms. The maximum absolute atomic E-state index is 12.5. The molecule has 1 aliphatic heterocycles. The van der Waals surface area contributed by atoms with Crippen LogP contribution in [0, 0.1) is 0 Å². The molecule has 3 heterocycles. The van der Waals surface area contributed by atoms with Crippen molar-refractivity contribution in [3.63, 3.8) is 0 Å². The number of amides is 2. The molecular formula is C19H24BrN5O4S. The standard InChI is InChI=1S/C19H24BrN5O4S/c1-19(2,3)29-18(28)25-7-6-24(9-12(25)10-26)15-4-5-21-8-13(15)22-16(27)14-11-30-17(20)23-14/h4-5,8,11-12,26H,6-7,9-10H2,1-3H3,(H,22,27). The van der Waals surface area contributed by atoms with E-state index < -0.39 is 17.7 Å². The summed E-state index contributed by atoms with van der Waals surface area (Å²) in [6, 6.07) is 1.37. The van der Waals surface area contributed by atoms with Crippen molar-refractivity contribution in [2.75, 3.05) is 36.5 Å². The van der Waals surface area contributed by atoms with E-state index in [-0.39, 0.29) is 12.5 Å². The fourth-order valence-corrected chi connectivity index (χ4v) is 4.08. The molecule has 1 saturated heterocycles. The van der Waals surface area contributed by atoms with E-state index in [1.807, 2.05) is 25.7 Å². The zero-order valence-corrected chi connectivity index (χ0v) is 19.4. The van der Waals surface area contributed by atoms with Gasteiger partial charge in [0, 0.05) is 31.2 Å². The highest BCUT2D eigenvalue weighted by molar-refractivity contribution is 9.11. The van der Waals surface area contributed by atoms with Crippen LogP contribution in [0.5, 0.6) is 0 Å². The van der Waals surface area contributed by atoms with Gasteiger partial charge in [0.1, 0.15) is 11.3 Å². The molecule has 9 nitrogen and oxygen atoms in total. The first kappa shape index (κ1) is 22.4. The molecule has 0 aliphatic carbocycles. The second kappa shape index (κ2) is 9.27. The highest BCUT2D eigenvalue weighted by Crippen LogP contribution is 2.28. The first-order chi connectivity index (χ1) is 14.2. The van der Waals surface area contributed by atoms with Gasteiger partial charge in [-0.05, 0) is 42.8 Å². The van der Waals surface area contributed by atoms with E-state index in [1.165, 1.54) is 11.3 Å². The first-order valence-electron chi connectivity index (χ1n) is 9.40. The van der Waals surface area contributed by atoms with Crippen LogP contribution in [-0.4, -0.2) is 69.9 Å². The smallest absolute Gasteiger partial charge is 0.410 e. The van der Waals surface area contributed by atoms with Crippen molar-refractivity contribution in [2.45, 2.75) is 32.4 Å². The normalized spacial score (nSPS) is 17.0. The molecule has 3 rings (SSSR count). The molecule has 162 valence electrons. The van der Waals surface area contributed by atoms with Gasteiger partial charge in [0.2, 0.25) is 0 Å². The molecule has 0 aromatic carbocycles. The Morgan fingerprint density at radius 3 is 2.80 bits per heavy atom. The van der Waals surface area contributed by atoms with Crippen molar-refractivity contribution >= 4 is 50.6 Å². The number of hydrogen-bond acceptors (Lipinski definition) is 8. The molecule has 1 aliphatic rings. The number of carbonyl (C=O) groups is 2. The van der Waals surface area contributed by atoms with Crippen LogP contribution in [0.4, 0.5) is 16.2 Å². The first-order valence-corrected chi connectivity index (χ1v) is 11.1. The number of carbonyl (C=O) groups excluding carboxylic acids is 2.